The topological polar surface area (TPSA) is 26.3 Å². The van der Waals surface area contributed by atoms with Crippen LogP contribution in [0.4, 0.5) is 0 Å². The molecule has 2 heteroatoms. The second-order valence-corrected chi connectivity index (χ2v) is 5.29. The monoisotopic (exact) mass is 304 g/mol. The van der Waals surface area contributed by atoms with Crippen LogP contribution in [0.1, 0.15) is 64.7 Å². The van der Waals surface area contributed by atoms with Crippen LogP contribution in [0.5, 0.6) is 0 Å². The summed E-state index contributed by atoms with van der Waals surface area (Å²) in [4.78, 5) is 11.9. The van der Waals surface area contributed by atoms with Gasteiger partial charge in [0.2, 0.25) is 0 Å². The van der Waals surface area contributed by atoms with Crippen molar-refractivity contribution in [1.82, 2.24) is 0 Å². The Balaban J connectivity index is 4.06. The lowest BCUT2D eigenvalue weighted by Gasteiger charge is -2.07. The van der Waals surface area contributed by atoms with Crippen molar-refractivity contribution < 1.29 is 9.53 Å². The Labute approximate surface area is 136 Å². The van der Waals surface area contributed by atoms with E-state index in [1.54, 1.807) is 6.08 Å². The van der Waals surface area contributed by atoms with E-state index < -0.39 is 0 Å². The van der Waals surface area contributed by atoms with Crippen LogP contribution in [-0.4, -0.2) is 12.6 Å². The summed E-state index contributed by atoms with van der Waals surface area (Å²) < 4.78 is 5.14. The summed E-state index contributed by atoms with van der Waals surface area (Å²) in [5.74, 6) is -0.144. The van der Waals surface area contributed by atoms with Gasteiger partial charge < -0.3 is 4.74 Å². The van der Waals surface area contributed by atoms with Gasteiger partial charge in [0.1, 0.15) is 0 Å². The van der Waals surface area contributed by atoms with Gasteiger partial charge in [0.25, 0.3) is 0 Å². The number of ether oxygens (including phenoxy) is 1. The van der Waals surface area contributed by atoms with E-state index in [0.29, 0.717) is 6.61 Å². The highest BCUT2D eigenvalue weighted by Gasteiger charge is 2.09. The van der Waals surface area contributed by atoms with Crippen molar-refractivity contribution in [2.75, 3.05) is 6.61 Å². The smallest absolute Gasteiger partial charge is 0.333 e. The zero-order chi connectivity index (χ0) is 16.5. The molecule has 0 rings (SSSR count). The minimum absolute atomic E-state index is 0.144. The summed E-state index contributed by atoms with van der Waals surface area (Å²) in [7, 11) is 0. The third-order valence-corrected chi connectivity index (χ3v) is 3.38. The van der Waals surface area contributed by atoms with E-state index in [-0.39, 0.29) is 5.97 Å². The van der Waals surface area contributed by atoms with Crippen LogP contribution in [0.2, 0.25) is 0 Å². The van der Waals surface area contributed by atoms with Crippen molar-refractivity contribution in [2.24, 2.45) is 0 Å². The number of carbonyl (C=O) groups excluding carboxylic acids is 1. The van der Waals surface area contributed by atoms with Crippen LogP contribution in [0.3, 0.4) is 0 Å². The standard InChI is InChI=1S/C20H32O2/c1-4-7-9-11-12-13-14-16-18-19(20(21)22-6-3)17-15-10-8-5-2/h4-5,7,9,18H,1-2,6,8,10-17H2,3H3/b9-7+,19-18-. The molecule has 0 saturated heterocycles. The largest absolute Gasteiger partial charge is 0.463 e. The molecule has 2 nitrogen and oxygen atoms in total. The molecule has 0 atom stereocenters. The molecule has 0 N–H and O–H groups in total. The number of carbonyl (C=O) groups is 1. The average Bonchev–Trinajstić information content (AvgIpc) is 2.52. The Morgan fingerprint density at radius 3 is 2.41 bits per heavy atom. The summed E-state index contributed by atoms with van der Waals surface area (Å²) in [6, 6.07) is 0. The first kappa shape index (κ1) is 20.4. The van der Waals surface area contributed by atoms with E-state index in [4.69, 9.17) is 4.74 Å². The number of esters is 1. The van der Waals surface area contributed by atoms with Crippen LogP contribution >= 0.6 is 0 Å². The molecule has 0 amide bonds. The van der Waals surface area contributed by atoms with E-state index in [0.717, 1.165) is 50.5 Å². The minimum atomic E-state index is -0.144. The SMILES string of the molecule is C=C/C=C/CCCCC/C=C(/CCCCC=C)C(=O)OCC. The molecule has 0 aliphatic rings. The Kier molecular flexibility index (Phi) is 14.7. The van der Waals surface area contributed by atoms with Crippen molar-refractivity contribution in [3.05, 3.63) is 49.1 Å². The van der Waals surface area contributed by atoms with Crippen LogP contribution in [0.15, 0.2) is 49.1 Å². The molecule has 0 heterocycles. The summed E-state index contributed by atoms with van der Waals surface area (Å²) in [5.41, 5.74) is 0.845. The zero-order valence-electron chi connectivity index (χ0n) is 14.2. The van der Waals surface area contributed by atoms with Gasteiger partial charge in [-0.2, -0.15) is 0 Å². The lowest BCUT2D eigenvalue weighted by atomic mass is 10.0. The first-order valence-corrected chi connectivity index (χ1v) is 8.50. The van der Waals surface area contributed by atoms with Gasteiger partial charge in [0, 0.05) is 5.57 Å². The zero-order valence-corrected chi connectivity index (χ0v) is 14.2. The highest BCUT2D eigenvalue weighted by atomic mass is 16.5. The minimum Gasteiger partial charge on any atom is -0.463 e. The van der Waals surface area contributed by atoms with Gasteiger partial charge >= 0.3 is 5.97 Å². The van der Waals surface area contributed by atoms with Crippen molar-refractivity contribution in [2.45, 2.75) is 64.7 Å². The van der Waals surface area contributed by atoms with Crippen molar-refractivity contribution >= 4 is 5.97 Å². The molecule has 0 aromatic heterocycles. The van der Waals surface area contributed by atoms with Gasteiger partial charge in [0.05, 0.1) is 6.61 Å². The third-order valence-electron chi connectivity index (χ3n) is 3.38. The molecule has 0 aliphatic heterocycles. The molecule has 0 fully saturated rings. The van der Waals surface area contributed by atoms with Gasteiger partial charge in [0.15, 0.2) is 0 Å². The maximum absolute atomic E-state index is 11.9. The molecule has 0 bridgehead atoms. The number of hydrogen-bond donors (Lipinski definition) is 0. The van der Waals surface area contributed by atoms with Gasteiger partial charge in [-0.3, -0.25) is 0 Å². The molecule has 0 radical (unpaired) electrons. The highest BCUT2D eigenvalue weighted by molar-refractivity contribution is 5.88. The molecular weight excluding hydrogens is 272 g/mol. The second kappa shape index (κ2) is 15.8. The van der Waals surface area contributed by atoms with E-state index in [1.807, 2.05) is 19.1 Å². The first-order chi connectivity index (χ1) is 10.8. The molecule has 22 heavy (non-hydrogen) atoms. The predicted octanol–water partition coefficient (Wildman–Crippen LogP) is 5.92. The molecule has 0 unspecified atom stereocenters. The molecular formula is C20H32O2. The number of hydrogen-bond acceptors (Lipinski definition) is 2. The predicted molar refractivity (Wildman–Crippen MR) is 95.8 cm³/mol. The summed E-state index contributed by atoms with van der Waals surface area (Å²) in [6.07, 6.45) is 19.4. The number of allylic oxidation sites excluding steroid dienone is 5. The maximum atomic E-state index is 11.9. The van der Waals surface area contributed by atoms with E-state index >= 15 is 0 Å². The molecule has 124 valence electrons. The third kappa shape index (κ3) is 12.2. The molecule has 0 aliphatic carbocycles. The Hall–Kier alpha value is -1.57. The fourth-order valence-electron chi connectivity index (χ4n) is 2.17. The normalized spacial score (nSPS) is 11.6. The van der Waals surface area contributed by atoms with E-state index in [9.17, 15) is 4.79 Å². The summed E-state index contributed by atoms with van der Waals surface area (Å²) >= 11 is 0. The van der Waals surface area contributed by atoms with Gasteiger partial charge in [-0.05, 0) is 58.3 Å². The number of rotatable bonds is 14. The van der Waals surface area contributed by atoms with Crippen LogP contribution in [0, 0.1) is 0 Å². The molecule has 0 saturated carbocycles. The summed E-state index contributed by atoms with van der Waals surface area (Å²) in [5, 5.41) is 0. The Morgan fingerprint density at radius 1 is 1.00 bits per heavy atom. The number of unbranched alkanes of at least 4 members (excludes halogenated alkanes) is 6. The first-order valence-electron chi connectivity index (χ1n) is 8.50. The van der Waals surface area contributed by atoms with Crippen LogP contribution in [0.25, 0.3) is 0 Å². The van der Waals surface area contributed by atoms with Gasteiger partial charge in [-0.25, -0.2) is 4.79 Å². The fourth-order valence-corrected chi connectivity index (χ4v) is 2.17. The maximum Gasteiger partial charge on any atom is 0.333 e. The molecule has 0 aromatic rings. The van der Waals surface area contributed by atoms with E-state index in [1.165, 1.54) is 12.8 Å². The quantitative estimate of drug-likeness (QED) is 0.131. The Bertz CT molecular complexity index is 364. The lowest BCUT2D eigenvalue weighted by molar-refractivity contribution is -0.138. The Morgan fingerprint density at radius 2 is 1.73 bits per heavy atom. The summed E-state index contributed by atoms with van der Waals surface area (Å²) in [6.45, 7) is 9.67. The van der Waals surface area contributed by atoms with Crippen LogP contribution < -0.4 is 0 Å². The van der Waals surface area contributed by atoms with Crippen molar-refractivity contribution in [3.8, 4) is 0 Å². The molecule has 0 aromatic carbocycles. The lowest BCUT2D eigenvalue weighted by Crippen LogP contribution is -2.08. The van der Waals surface area contributed by atoms with Crippen molar-refractivity contribution in [3.63, 3.8) is 0 Å². The van der Waals surface area contributed by atoms with E-state index in [2.05, 4.69) is 25.3 Å². The van der Waals surface area contributed by atoms with Gasteiger partial charge in [-0.1, -0.05) is 43.4 Å². The van der Waals surface area contributed by atoms with Gasteiger partial charge in [-0.15, -0.1) is 6.58 Å². The van der Waals surface area contributed by atoms with Crippen molar-refractivity contribution in [1.29, 1.82) is 0 Å². The molecule has 0 spiro atoms. The van der Waals surface area contributed by atoms with Crippen LogP contribution in [-0.2, 0) is 9.53 Å². The second-order valence-electron chi connectivity index (χ2n) is 5.29. The average molecular weight is 304 g/mol. The highest BCUT2D eigenvalue weighted by Crippen LogP contribution is 2.14. The fraction of sp³-hybridized carbons (Fsp3) is 0.550.